The highest BCUT2D eigenvalue weighted by Crippen LogP contribution is 2.29. The minimum Gasteiger partial charge on any atom is -0.452 e. The van der Waals surface area contributed by atoms with Gasteiger partial charge in [-0.15, -0.1) is 0 Å². The van der Waals surface area contributed by atoms with Gasteiger partial charge in [0.2, 0.25) is 5.91 Å². The summed E-state index contributed by atoms with van der Waals surface area (Å²) in [5.74, 6) is -1.82. The molecule has 0 atom stereocenters. The first-order valence-electron chi connectivity index (χ1n) is 7.93. The maximum atomic E-state index is 12.6. The standard InChI is InChI=1S/C17H15F3N2O5S/c18-17(19,20)12-3-1-2-11(8-12)4-5-15(25)27-9-13(23)21-6-7-22-14(24)10-28-16(22)26/h1-5,8H,6-7,9-10H2,(H,21,23)/b5-4+. The molecule has 150 valence electrons. The molecule has 28 heavy (non-hydrogen) atoms. The van der Waals surface area contributed by atoms with Crippen molar-refractivity contribution in [2.45, 2.75) is 6.18 Å². The molecule has 0 spiro atoms. The van der Waals surface area contributed by atoms with E-state index < -0.39 is 30.2 Å². The second-order valence-electron chi connectivity index (χ2n) is 5.51. The van der Waals surface area contributed by atoms with Crippen molar-refractivity contribution in [3.63, 3.8) is 0 Å². The van der Waals surface area contributed by atoms with E-state index in [1.807, 2.05) is 0 Å². The quantitative estimate of drug-likeness (QED) is 0.541. The Morgan fingerprint density at radius 3 is 2.68 bits per heavy atom. The summed E-state index contributed by atoms with van der Waals surface area (Å²) in [7, 11) is 0. The fourth-order valence-electron chi connectivity index (χ4n) is 2.12. The van der Waals surface area contributed by atoms with Crippen molar-refractivity contribution in [3.8, 4) is 0 Å². The van der Waals surface area contributed by atoms with Gasteiger partial charge in [-0.1, -0.05) is 23.9 Å². The number of nitrogens with one attached hydrogen (secondary N) is 1. The molecule has 0 radical (unpaired) electrons. The third kappa shape index (κ3) is 6.41. The minimum absolute atomic E-state index is 0.00843. The first kappa shape index (κ1) is 21.5. The van der Waals surface area contributed by atoms with Crippen LogP contribution < -0.4 is 5.32 Å². The Hall–Kier alpha value is -2.82. The predicted molar refractivity (Wildman–Crippen MR) is 94.0 cm³/mol. The van der Waals surface area contributed by atoms with Crippen molar-refractivity contribution in [1.82, 2.24) is 10.2 Å². The zero-order chi connectivity index (χ0) is 20.7. The largest absolute Gasteiger partial charge is 0.452 e. The normalized spacial score (nSPS) is 14.6. The van der Waals surface area contributed by atoms with Crippen LogP contribution in [0.1, 0.15) is 11.1 Å². The van der Waals surface area contributed by atoms with Gasteiger partial charge in [0.25, 0.3) is 11.1 Å². The molecule has 0 saturated carbocycles. The first-order valence-corrected chi connectivity index (χ1v) is 8.91. The number of carbonyl (C=O) groups excluding carboxylic acids is 4. The molecular formula is C17H15F3N2O5S. The molecule has 1 saturated heterocycles. The van der Waals surface area contributed by atoms with E-state index in [4.69, 9.17) is 0 Å². The molecule has 0 bridgehead atoms. The number of amides is 3. The van der Waals surface area contributed by atoms with Crippen LogP contribution in [0.3, 0.4) is 0 Å². The van der Waals surface area contributed by atoms with Crippen LogP contribution in [0.15, 0.2) is 30.3 Å². The molecule has 2 rings (SSSR count). The lowest BCUT2D eigenvalue weighted by Crippen LogP contribution is -2.38. The molecule has 11 heteroatoms. The number of halogens is 3. The maximum absolute atomic E-state index is 12.6. The Labute approximate surface area is 161 Å². The lowest BCUT2D eigenvalue weighted by Gasteiger charge is -2.12. The van der Waals surface area contributed by atoms with Crippen molar-refractivity contribution in [2.24, 2.45) is 0 Å². The highest BCUT2D eigenvalue weighted by atomic mass is 32.2. The molecule has 0 unspecified atom stereocenters. The van der Waals surface area contributed by atoms with Gasteiger partial charge < -0.3 is 10.1 Å². The molecule has 1 N–H and O–H groups in total. The van der Waals surface area contributed by atoms with Gasteiger partial charge in [0.1, 0.15) is 0 Å². The Morgan fingerprint density at radius 2 is 2.04 bits per heavy atom. The highest BCUT2D eigenvalue weighted by Gasteiger charge is 2.30. The third-order valence-corrected chi connectivity index (χ3v) is 4.33. The average molecular weight is 416 g/mol. The van der Waals surface area contributed by atoms with Crippen LogP contribution >= 0.6 is 11.8 Å². The van der Waals surface area contributed by atoms with Gasteiger partial charge in [-0.3, -0.25) is 19.3 Å². The fraction of sp³-hybridized carbons (Fsp3) is 0.294. The number of thioether (sulfide) groups is 1. The summed E-state index contributed by atoms with van der Waals surface area (Å²) < 4.78 is 42.5. The van der Waals surface area contributed by atoms with Crippen molar-refractivity contribution in [1.29, 1.82) is 0 Å². The van der Waals surface area contributed by atoms with Crippen LogP contribution in [-0.4, -0.2) is 53.4 Å². The number of ether oxygens (including phenoxy) is 1. The van der Waals surface area contributed by atoms with E-state index >= 15 is 0 Å². The van der Waals surface area contributed by atoms with E-state index in [2.05, 4.69) is 10.1 Å². The van der Waals surface area contributed by atoms with E-state index in [0.717, 1.165) is 40.9 Å². The molecule has 3 amide bonds. The molecule has 1 aromatic rings. The van der Waals surface area contributed by atoms with Gasteiger partial charge in [0, 0.05) is 19.2 Å². The third-order valence-electron chi connectivity index (χ3n) is 3.47. The van der Waals surface area contributed by atoms with Crippen molar-refractivity contribution < 1.29 is 37.1 Å². The Balaban J connectivity index is 1.73. The van der Waals surface area contributed by atoms with Gasteiger partial charge in [0.15, 0.2) is 6.61 Å². The molecule has 1 aromatic carbocycles. The zero-order valence-electron chi connectivity index (χ0n) is 14.3. The van der Waals surface area contributed by atoms with Crippen LogP contribution in [0.4, 0.5) is 18.0 Å². The Bertz CT molecular complexity index is 794. The predicted octanol–water partition coefficient (Wildman–Crippen LogP) is 2.07. The number of carbonyl (C=O) groups is 4. The molecule has 1 aliphatic rings. The molecule has 0 aliphatic carbocycles. The summed E-state index contributed by atoms with van der Waals surface area (Å²) in [6.45, 7) is -0.587. The van der Waals surface area contributed by atoms with Crippen molar-refractivity contribution >= 4 is 40.9 Å². The summed E-state index contributed by atoms with van der Waals surface area (Å²) in [5.41, 5.74) is -0.704. The Kier molecular flexibility index (Phi) is 7.21. The minimum atomic E-state index is -4.49. The number of hydrogen-bond acceptors (Lipinski definition) is 6. The van der Waals surface area contributed by atoms with Crippen LogP contribution in [0.25, 0.3) is 6.08 Å². The molecule has 7 nitrogen and oxygen atoms in total. The SMILES string of the molecule is O=C(COC(=O)/C=C/c1cccc(C(F)(F)F)c1)NCCN1C(=O)CSC1=O. The fourth-order valence-corrected chi connectivity index (χ4v) is 2.87. The zero-order valence-corrected chi connectivity index (χ0v) is 15.1. The van der Waals surface area contributed by atoms with Crippen molar-refractivity contribution in [2.75, 3.05) is 25.4 Å². The number of rotatable bonds is 7. The van der Waals surface area contributed by atoms with E-state index in [1.54, 1.807) is 0 Å². The lowest BCUT2D eigenvalue weighted by molar-refractivity contribution is -0.143. The van der Waals surface area contributed by atoms with E-state index in [-0.39, 0.29) is 35.6 Å². The molecule has 1 heterocycles. The van der Waals surface area contributed by atoms with E-state index in [1.165, 1.54) is 12.1 Å². The monoisotopic (exact) mass is 416 g/mol. The summed E-state index contributed by atoms with van der Waals surface area (Å²) >= 11 is 0.878. The number of alkyl halides is 3. The van der Waals surface area contributed by atoms with Gasteiger partial charge in [-0.05, 0) is 23.8 Å². The van der Waals surface area contributed by atoms with Crippen LogP contribution in [-0.2, 0) is 25.3 Å². The number of hydrogen-bond donors (Lipinski definition) is 1. The number of nitrogens with zero attached hydrogens (tertiary/aromatic N) is 1. The first-order chi connectivity index (χ1) is 13.2. The average Bonchev–Trinajstić information content (AvgIpc) is 2.96. The van der Waals surface area contributed by atoms with Gasteiger partial charge in [0.05, 0.1) is 11.3 Å². The molecular weight excluding hydrogens is 401 g/mol. The maximum Gasteiger partial charge on any atom is 0.416 e. The topological polar surface area (TPSA) is 92.8 Å². The van der Waals surface area contributed by atoms with Crippen LogP contribution in [0.5, 0.6) is 0 Å². The van der Waals surface area contributed by atoms with Crippen LogP contribution in [0.2, 0.25) is 0 Å². The van der Waals surface area contributed by atoms with Gasteiger partial charge in [-0.2, -0.15) is 13.2 Å². The van der Waals surface area contributed by atoms with E-state index in [9.17, 15) is 32.3 Å². The smallest absolute Gasteiger partial charge is 0.416 e. The summed E-state index contributed by atoms with van der Waals surface area (Å²) in [6.07, 6.45) is -2.45. The van der Waals surface area contributed by atoms with Gasteiger partial charge >= 0.3 is 12.1 Å². The van der Waals surface area contributed by atoms with Crippen molar-refractivity contribution in [3.05, 3.63) is 41.5 Å². The second kappa shape index (κ2) is 9.40. The number of imide groups is 1. The summed E-state index contributed by atoms with van der Waals surface area (Å²) in [5, 5.41) is 2.00. The lowest BCUT2D eigenvalue weighted by atomic mass is 10.1. The molecule has 1 fully saturated rings. The molecule has 0 aromatic heterocycles. The van der Waals surface area contributed by atoms with Crippen LogP contribution in [0, 0.1) is 0 Å². The summed E-state index contributed by atoms with van der Waals surface area (Å²) in [6, 6.07) is 4.36. The molecule has 1 aliphatic heterocycles. The number of benzene rings is 1. The number of esters is 1. The highest BCUT2D eigenvalue weighted by molar-refractivity contribution is 8.14. The van der Waals surface area contributed by atoms with Gasteiger partial charge in [-0.25, -0.2) is 4.79 Å². The second-order valence-corrected chi connectivity index (χ2v) is 6.44. The van der Waals surface area contributed by atoms with E-state index in [0.29, 0.717) is 0 Å². The Morgan fingerprint density at radius 1 is 1.29 bits per heavy atom. The summed E-state index contributed by atoms with van der Waals surface area (Å²) in [4.78, 5) is 46.9.